The molecule has 26 heavy (non-hydrogen) atoms. The molecule has 7 nitrogen and oxygen atoms in total. The average molecular weight is 382 g/mol. The molecule has 0 aliphatic carbocycles. The van der Waals surface area contributed by atoms with Crippen molar-refractivity contribution in [3.8, 4) is 11.4 Å². The average Bonchev–Trinajstić information content (AvgIpc) is 3.06. The molecular formula is C17H23FN4O3S. The van der Waals surface area contributed by atoms with E-state index in [0.717, 1.165) is 25.9 Å². The van der Waals surface area contributed by atoms with Crippen LogP contribution in [-0.2, 0) is 10.0 Å². The number of sulfonamides is 1. The maximum Gasteiger partial charge on any atom is 0.244 e. The molecule has 2 aromatic rings. The van der Waals surface area contributed by atoms with Crippen LogP contribution in [0.2, 0.25) is 0 Å². The minimum Gasteiger partial charge on any atom is -0.337 e. The Bertz CT molecular complexity index is 876. The van der Waals surface area contributed by atoms with Gasteiger partial charge in [0.15, 0.2) is 0 Å². The Balaban J connectivity index is 1.65. The zero-order chi connectivity index (χ0) is 18.9. The number of benzene rings is 1. The third-order valence-corrected chi connectivity index (χ3v) is 5.45. The first-order chi connectivity index (χ1) is 12.2. The Hall–Kier alpha value is -1.84. The van der Waals surface area contributed by atoms with Gasteiger partial charge in [-0.3, -0.25) is 4.90 Å². The molecule has 2 heterocycles. The van der Waals surface area contributed by atoms with Gasteiger partial charge in [0.25, 0.3) is 0 Å². The van der Waals surface area contributed by atoms with E-state index in [1.807, 2.05) is 6.92 Å². The van der Waals surface area contributed by atoms with Gasteiger partial charge in [0, 0.05) is 24.7 Å². The van der Waals surface area contributed by atoms with Crippen LogP contribution in [0.25, 0.3) is 11.4 Å². The number of hydrogen-bond acceptors (Lipinski definition) is 6. The lowest BCUT2D eigenvalue weighted by atomic mass is 10.0. The van der Waals surface area contributed by atoms with Crippen molar-refractivity contribution in [2.24, 2.45) is 0 Å². The van der Waals surface area contributed by atoms with Gasteiger partial charge in [0.05, 0.1) is 12.3 Å². The van der Waals surface area contributed by atoms with E-state index in [2.05, 4.69) is 19.8 Å². The molecule has 0 radical (unpaired) electrons. The van der Waals surface area contributed by atoms with Gasteiger partial charge in [-0.25, -0.2) is 17.5 Å². The van der Waals surface area contributed by atoms with E-state index >= 15 is 0 Å². The monoisotopic (exact) mass is 382 g/mol. The first kappa shape index (κ1) is 18.9. The molecule has 0 spiro atoms. The summed E-state index contributed by atoms with van der Waals surface area (Å²) in [6.45, 7) is 5.12. The van der Waals surface area contributed by atoms with Crippen molar-refractivity contribution in [2.75, 3.05) is 19.3 Å². The summed E-state index contributed by atoms with van der Waals surface area (Å²) in [6.07, 6.45) is 2.62. The van der Waals surface area contributed by atoms with Crippen LogP contribution in [0.3, 0.4) is 0 Å². The lowest BCUT2D eigenvalue weighted by Crippen LogP contribution is -2.45. The summed E-state index contributed by atoms with van der Waals surface area (Å²) in [6, 6.07) is 4.72. The van der Waals surface area contributed by atoms with Crippen molar-refractivity contribution in [2.45, 2.75) is 38.8 Å². The van der Waals surface area contributed by atoms with Gasteiger partial charge in [-0.05, 0) is 38.3 Å². The number of piperidine rings is 1. The molecule has 1 aliphatic heterocycles. The third kappa shape index (κ3) is 4.46. The van der Waals surface area contributed by atoms with Crippen molar-refractivity contribution in [3.05, 3.63) is 35.5 Å². The Labute approximate surface area is 152 Å². The molecule has 1 N–H and O–H groups in total. The van der Waals surface area contributed by atoms with E-state index in [1.54, 1.807) is 19.1 Å². The van der Waals surface area contributed by atoms with Crippen LogP contribution >= 0.6 is 0 Å². The molecule has 0 saturated carbocycles. The van der Waals surface area contributed by atoms with Crippen LogP contribution in [0.1, 0.15) is 37.3 Å². The Morgan fingerprint density at radius 1 is 1.35 bits per heavy atom. The van der Waals surface area contributed by atoms with Crippen molar-refractivity contribution in [1.29, 1.82) is 0 Å². The fourth-order valence-electron chi connectivity index (χ4n) is 3.12. The summed E-state index contributed by atoms with van der Waals surface area (Å²) in [7, 11) is -3.19. The Morgan fingerprint density at radius 3 is 2.65 bits per heavy atom. The molecule has 1 atom stereocenters. The highest BCUT2D eigenvalue weighted by Crippen LogP contribution is 2.26. The molecule has 0 amide bonds. The largest absolute Gasteiger partial charge is 0.337 e. The topological polar surface area (TPSA) is 88.3 Å². The van der Waals surface area contributed by atoms with Gasteiger partial charge in [0.1, 0.15) is 5.82 Å². The van der Waals surface area contributed by atoms with Crippen LogP contribution in [0.5, 0.6) is 0 Å². The summed E-state index contributed by atoms with van der Waals surface area (Å²) in [4.78, 5) is 6.58. The summed E-state index contributed by atoms with van der Waals surface area (Å²) in [5.41, 5.74) is 1.14. The quantitative estimate of drug-likeness (QED) is 0.853. The minimum absolute atomic E-state index is 0.0396. The fraction of sp³-hybridized carbons (Fsp3) is 0.529. The number of nitrogens with zero attached hydrogens (tertiary/aromatic N) is 3. The molecule has 142 valence electrons. The summed E-state index contributed by atoms with van der Waals surface area (Å²) < 4.78 is 44.4. The molecule has 1 saturated heterocycles. The summed E-state index contributed by atoms with van der Waals surface area (Å²) in [5.74, 6) is 0.525. The number of aromatic nitrogens is 2. The molecular weight excluding hydrogens is 359 g/mol. The van der Waals surface area contributed by atoms with Crippen molar-refractivity contribution in [1.82, 2.24) is 19.8 Å². The Morgan fingerprint density at radius 2 is 2.04 bits per heavy atom. The van der Waals surface area contributed by atoms with Crippen LogP contribution in [0.15, 0.2) is 22.7 Å². The lowest BCUT2D eigenvalue weighted by Gasteiger charge is -2.34. The molecule has 3 rings (SSSR count). The molecule has 1 aliphatic rings. The van der Waals surface area contributed by atoms with E-state index in [4.69, 9.17) is 4.52 Å². The number of aryl methyl sites for hydroxylation is 1. The second-order valence-corrected chi connectivity index (χ2v) is 8.58. The van der Waals surface area contributed by atoms with E-state index in [-0.39, 0.29) is 17.9 Å². The Kier molecular flexibility index (Phi) is 5.40. The van der Waals surface area contributed by atoms with Gasteiger partial charge in [-0.2, -0.15) is 4.98 Å². The first-order valence-electron chi connectivity index (χ1n) is 8.54. The van der Waals surface area contributed by atoms with Gasteiger partial charge in [-0.15, -0.1) is 0 Å². The highest BCUT2D eigenvalue weighted by Gasteiger charge is 2.28. The summed E-state index contributed by atoms with van der Waals surface area (Å²) in [5, 5.41) is 3.97. The number of hydrogen-bond donors (Lipinski definition) is 1. The van der Waals surface area contributed by atoms with E-state index in [9.17, 15) is 12.8 Å². The zero-order valence-corrected chi connectivity index (χ0v) is 15.9. The van der Waals surface area contributed by atoms with Crippen LogP contribution in [0, 0.1) is 12.7 Å². The summed E-state index contributed by atoms with van der Waals surface area (Å²) >= 11 is 0. The van der Waals surface area contributed by atoms with Crippen LogP contribution in [-0.4, -0.2) is 48.8 Å². The first-order valence-corrected chi connectivity index (χ1v) is 10.4. The molecule has 1 aromatic carbocycles. The molecule has 1 fully saturated rings. The van der Waals surface area contributed by atoms with E-state index in [0.29, 0.717) is 22.8 Å². The maximum absolute atomic E-state index is 13.7. The number of halogens is 1. The lowest BCUT2D eigenvalue weighted by molar-refractivity contribution is 0.134. The van der Waals surface area contributed by atoms with Gasteiger partial charge in [0.2, 0.25) is 21.7 Å². The van der Waals surface area contributed by atoms with Gasteiger partial charge in [-0.1, -0.05) is 17.3 Å². The standard InChI is InChI=1S/C17H23FN4O3S/c1-11-4-5-13(10-15(11)18)16-19-17(25-20-16)12(2)22-8-6-14(7-9-22)21-26(3,23)24/h4-5,10,12,14,21H,6-9H2,1-3H3. The second kappa shape index (κ2) is 7.42. The van der Waals surface area contributed by atoms with Crippen molar-refractivity contribution >= 4 is 10.0 Å². The van der Waals surface area contributed by atoms with E-state index < -0.39 is 10.0 Å². The maximum atomic E-state index is 13.7. The number of likely N-dealkylation sites (tertiary alicyclic amines) is 1. The second-order valence-electron chi connectivity index (χ2n) is 6.80. The van der Waals surface area contributed by atoms with Gasteiger partial charge >= 0.3 is 0 Å². The smallest absolute Gasteiger partial charge is 0.244 e. The van der Waals surface area contributed by atoms with Crippen molar-refractivity contribution < 1.29 is 17.3 Å². The third-order valence-electron chi connectivity index (χ3n) is 4.69. The SMILES string of the molecule is Cc1ccc(-c2noc(C(C)N3CCC(NS(C)(=O)=O)CC3)n2)cc1F. The predicted molar refractivity (Wildman–Crippen MR) is 95.4 cm³/mol. The highest BCUT2D eigenvalue weighted by molar-refractivity contribution is 7.88. The van der Waals surface area contributed by atoms with Crippen LogP contribution < -0.4 is 4.72 Å². The molecule has 1 aromatic heterocycles. The number of nitrogens with one attached hydrogen (secondary N) is 1. The van der Waals surface area contributed by atoms with Crippen molar-refractivity contribution in [3.63, 3.8) is 0 Å². The minimum atomic E-state index is -3.19. The zero-order valence-electron chi connectivity index (χ0n) is 15.1. The number of rotatable bonds is 5. The van der Waals surface area contributed by atoms with Gasteiger partial charge < -0.3 is 4.52 Å². The predicted octanol–water partition coefficient (Wildman–Crippen LogP) is 2.26. The fourth-order valence-corrected chi connectivity index (χ4v) is 3.96. The molecule has 9 heteroatoms. The highest BCUT2D eigenvalue weighted by atomic mass is 32.2. The van der Waals surface area contributed by atoms with E-state index in [1.165, 1.54) is 12.3 Å². The molecule has 0 bridgehead atoms. The van der Waals surface area contributed by atoms with Crippen LogP contribution in [0.4, 0.5) is 4.39 Å². The normalized spacial score (nSPS) is 18.2. The molecule has 1 unspecified atom stereocenters.